The predicted molar refractivity (Wildman–Crippen MR) is 129 cm³/mol. The Balaban J connectivity index is 1.63. The van der Waals surface area contributed by atoms with E-state index in [0.29, 0.717) is 16.7 Å². The van der Waals surface area contributed by atoms with Crippen LogP contribution in [-0.2, 0) is 9.59 Å². The molecule has 0 radical (unpaired) electrons. The minimum Gasteiger partial charge on any atom is -0.333 e. The lowest BCUT2D eigenvalue weighted by atomic mass is 10.2. The highest BCUT2D eigenvalue weighted by molar-refractivity contribution is 7.99. The first-order valence-corrected chi connectivity index (χ1v) is 11.7. The molecule has 0 saturated carbocycles. The molecule has 3 rings (SSSR count). The zero-order valence-corrected chi connectivity index (χ0v) is 19.9. The maximum atomic E-state index is 12.9. The number of nitrogens with zero attached hydrogens (tertiary/aromatic N) is 4. The zero-order chi connectivity index (χ0) is 23.1. The number of aromatic nitrogens is 3. The predicted octanol–water partition coefficient (Wildman–Crippen LogP) is 4.51. The molecule has 2 aromatic carbocycles. The summed E-state index contributed by atoms with van der Waals surface area (Å²) in [5, 5.41) is 12.2. The summed E-state index contributed by atoms with van der Waals surface area (Å²) in [7, 11) is 0. The fraction of sp³-hybridized carbons (Fsp3) is 0.304. The van der Waals surface area contributed by atoms with Gasteiger partial charge in [-0.15, -0.1) is 10.2 Å². The van der Waals surface area contributed by atoms with E-state index in [2.05, 4.69) is 15.5 Å². The van der Waals surface area contributed by atoms with Crippen molar-refractivity contribution in [2.45, 2.75) is 32.3 Å². The van der Waals surface area contributed by atoms with E-state index in [1.54, 1.807) is 15.8 Å². The molecule has 1 heterocycles. The number of nitrogens with one attached hydrogen (secondary N) is 1. The Morgan fingerprint density at radius 1 is 1.16 bits per heavy atom. The topological polar surface area (TPSA) is 80.1 Å². The van der Waals surface area contributed by atoms with Crippen LogP contribution in [0.4, 0.5) is 5.69 Å². The lowest BCUT2D eigenvalue weighted by Crippen LogP contribution is -2.39. The second-order valence-electron chi connectivity index (χ2n) is 7.38. The van der Waals surface area contributed by atoms with Gasteiger partial charge in [-0.3, -0.25) is 14.2 Å². The number of benzene rings is 2. The van der Waals surface area contributed by atoms with E-state index in [1.165, 1.54) is 11.8 Å². The third-order valence-electron chi connectivity index (χ3n) is 4.87. The number of carbonyl (C=O) groups excluding carboxylic acids is 2. The molecule has 168 valence electrons. The van der Waals surface area contributed by atoms with Crippen molar-refractivity contribution in [3.63, 3.8) is 0 Å². The van der Waals surface area contributed by atoms with Crippen LogP contribution in [-0.4, -0.2) is 50.3 Å². The third kappa shape index (κ3) is 6.11. The number of carbonyl (C=O) groups is 2. The van der Waals surface area contributed by atoms with Gasteiger partial charge in [0.2, 0.25) is 11.8 Å². The summed E-state index contributed by atoms with van der Waals surface area (Å²) in [4.78, 5) is 27.0. The summed E-state index contributed by atoms with van der Waals surface area (Å²) in [5.41, 5.74) is 3.52. The van der Waals surface area contributed by atoms with Crippen LogP contribution >= 0.6 is 23.4 Å². The van der Waals surface area contributed by atoms with Crippen molar-refractivity contribution in [1.29, 1.82) is 0 Å². The average Bonchev–Trinajstić information content (AvgIpc) is 3.24. The molecule has 1 N–H and O–H groups in total. The van der Waals surface area contributed by atoms with Gasteiger partial charge in [-0.1, -0.05) is 54.6 Å². The molecule has 9 heteroatoms. The van der Waals surface area contributed by atoms with E-state index in [9.17, 15) is 9.59 Å². The molecule has 1 aromatic heterocycles. The number of thioether (sulfide) groups is 1. The van der Waals surface area contributed by atoms with Crippen LogP contribution < -0.4 is 5.32 Å². The first kappa shape index (κ1) is 23.8. The first-order chi connectivity index (χ1) is 15.4. The Labute approximate surface area is 197 Å². The number of amides is 2. The molecule has 3 aromatic rings. The summed E-state index contributed by atoms with van der Waals surface area (Å²) < 4.78 is 1.79. The van der Waals surface area contributed by atoms with Gasteiger partial charge in [0.1, 0.15) is 6.33 Å². The number of anilines is 1. The van der Waals surface area contributed by atoms with Gasteiger partial charge in [-0.2, -0.15) is 0 Å². The molecular weight excluding hydrogens is 446 g/mol. The number of hydrogen-bond acceptors (Lipinski definition) is 5. The van der Waals surface area contributed by atoms with Crippen LogP contribution in [0.15, 0.2) is 53.9 Å². The van der Waals surface area contributed by atoms with Crippen LogP contribution in [0.25, 0.3) is 5.69 Å². The van der Waals surface area contributed by atoms with Crippen molar-refractivity contribution in [2.24, 2.45) is 0 Å². The van der Waals surface area contributed by atoms with E-state index in [4.69, 9.17) is 11.6 Å². The quantitative estimate of drug-likeness (QED) is 0.464. The lowest BCUT2D eigenvalue weighted by molar-refractivity contribution is -0.132. The minimum absolute atomic E-state index is 0.00181. The molecule has 0 spiro atoms. The Bertz CT molecular complexity index is 1100. The molecule has 0 aliphatic carbocycles. The molecule has 0 unspecified atom stereocenters. The highest BCUT2D eigenvalue weighted by Crippen LogP contribution is 2.24. The van der Waals surface area contributed by atoms with Crippen molar-refractivity contribution in [1.82, 2.24) is 19.7 Å². The van der Waals surface area contributed by atoms with Crippen LogP contribution in [0.2, 0.25) is 5.02 Å². The Hall–Kier alpha value is -2.84. The van der Waals surface area contributed by atoms with Crippen LogP contribution in [0.5, 0.6) is 0 Å². The van der Waals surface area contributed by atoms with Crippen LogP contribution in [0.3, 0.4) is 0 Å². The molecule has 0 bridgehead atoms. The molecule has 0 saturated heterocycles. The standard InChI is InChI=1S/C23H26ClN5O2S/c1-4-11-28(13-21(30)26-20-8-6-5-7-17(20)3)22(31)14-32-23-27-25-15-29(23)18-10-9-16(2)19(24)12-18/h5-10,12,15H,4,11,13-14H2,1-3H3,(H,26,30). The minimum atomic E-state index is -0.219. The molecule has 0 aliphatic rings. The van der Waals surface area contributed by atoms with Gasteiger partial charge in [0.15, 0.2) is 5.16 Å². The SMILES string of the molecule is CCCN(CC(=O)Nc1ccccc1C)C(=O)CSc1nncn1-c1ccc(C)c(Cl)c1. The van der Waals surface area contributed by atoms with Gasteiger partial charge >= 0.3 is 0 Å². The maximum Gasteiger partial charge on any atom is 0.244 e. The summed E-state index contributed by atoms with van der Waals surface area (Å²) in [6, 6.07) is 13.2. The summed E-state index contributed by atoms with van der Waals surface area (Å²) in [6.07, 6.45) is 2.35. The second-order valence-corrected chi connectivity index (χ2v) is 8.73. The number of aryl methyl sites for hydroxylation is 2. The molecular formula is C23H26ClN5O2S. The summed E-state index contributed by atoms with van der Waals surface area (Å²) in [6.45, 7) is 6.34. The largest absolute Gasteiger partial charge is 0.333 e. The molecule has 0 atom stereocenters. The molecule has 0 aliphatic heterocycles. The number of para-hydroxylation sites is 1. The normalized spacial score (nSPS) is 10.8. The van der Waals surface area contributed by atoms with Crippen LogP contribution in [0, 0.1) is 13.8 Å². The average molecular weight is 472 g/mol. The Morgan fingerprint density at radius 2 is 1.94 bits per heavy atom. The second kappa shape index (κ2) is 11.2. The van der Waals surface area contributed by atoms with Gasteiger partial charge in [-0.25, -0.2) is 0 Å². The van der Waals surface area contributed by atoms with Crippen molar-refractivity contribution in [3.8, 4) is 5.69 Å². The number of hydrogen-bond donors (Lipinski definition) is 1. The van der Waals surface area contributed by atoms with Gasteiger partial charge in [0.25, 0.3) is 0 Å². The third-order valence-corrected chi connectivity index (χ3v) is 6.21. The van der Waals surface area contributed by atoms with Gasteiger partial charge in [-0.05, 0) is 49.6 Å². The number of rotatable bonds is 9. The van der Waals surface area contributed by atoms with Crippen molar-refractivity contribution in [3.05, 3.63) is 64.9 Å². The Kier molecular flexibility index (Phi) is 8.30. The van der Waals surface area contributed by atoms with Gasteiger partial charge in [0.05, 0.1) is 18.0 Å². The van der Waals surface area contributed by atoms with E-state index in [-0.39, 0.29) is 24.1 Å². The van der Waals surface area contributed by atoms with E-state index < -0.39 is 0 Å². The van der Waals surface area contributed by atoms with Crippen molar-refractivity contribution < 1.29 is 9.59 Å². The molecule has 2 amide bonds. The lowest BCUT2D eigenvalue weighted by Gasteiger charge is -2.21. The fourth-order valence-electron chi connectivity index (χ4n) is 3.09. The molecule has 7 nitrogen and oxygen atoms in total. The van der Waals surface area contributed by atoms with Crippen molar-refractivity contribution >= 4 is 40.9 Å². The van der Waals surface area contributed by atoms with Gasteiger partial charge in [0, 0.05) is 17.3 Å². The summed E-state index contributed by atoms with van der Waals surface area (Å²) >= 11 is 7.52. The monoisotopic (exact) mass is 471 g/mol. The van der Waals surface area contributed by atoms with Crippen molar-refractivity contribution in [2.75, 3.05) is 24.2 Å². The maximum absolute atomic E-state index is 12.9. The van der Waals surface area contributed by atoms with E-state index in [0.717, 1.165) is 28.9 Å². The molecule has 32 heavy (non-hydrogen) atoms. The Morgan fingerprint density at radius 3 is 2.66 bits per heavy atom. The number of halogens is 1. The first-order valence-electron chi connectivity index (χ1n) is 10.3. The highest BCUT2D eigenvalue weighted by atomic mass is 35.5. The van der Waals surface area contributed by atoms with E-state index in [1.807, 2.05) is 63.2 Å². The highest BCUT2D eigenvalue weighted by Gasteiger charge is 2.19. The zero-order valence-electron chi connectivity index (χ0n) is 18.3. The van der Waals surface area contributed by atoms with E-state index >= 15 is 0 Å². The van der Waals surface area contributed by atoms with Gasteiger partial charge < -0.3 is 10.2 Å². The summed E-state index contributed by atoms with van der Waals surface area (Å²) in [5.74, 6) is -0.201. The smallest absolute Gasteiger partial charge is 0.244 e. The fourth-order valence-corrected chi connectivity index (χ4v) is 4.09. The molecule has 0 fully saturated rings. The van der Waals surface area contributed by atoms with Crippen LogP contribution in [0.1, 0.15) is 24.5 Å².